The van der Waals surface area contributed by atoms with Crippen LogP contribution in [0.15, 0.2) is 36.5 Å². The third-order valence-electron chi connectivity index (χ3n) is 4.30. The fraction of sp³-hybridized carbons (Fsp3) is 0.353. The third kappa shape index (κ3) is 4.27. The number of nitro groups is 1. The quantitative estimate of drug-likeness (QED) is 0.663. The summed E-state index contributed by atoms with van der Waals surface area (Å²) in [7, 11) is 0. The van der Waals surface area contributed by atoms with E-state index in [1.54, 1.807) is 6.07 Å². The Kier molecular flexibility index (Phi) is 5.18. The van der Waals surface area contributed by atoms with Crippen LogP contribution in [0.25, 0.3) is 0 Å². The van der Waals surface area contributed by atoms with Crippen LogP contribution in [0.1, 0.15) is 18.4 Å². The van der Waals surface area contributed by atoms with E-state index in [0.29, 0.717) is 6.54 Å². The molecule has 3 rings (SSSR count). The standard InChI is InChI=1S/C17H18F2N4O2/c18-14-4-3-12(10-15(14)19)11-22-8-5-13(6-9-22)21-17-16(23(24)25)2-1-7-20-17/h1-4,7,10,13H,5-6,8-9,11H2,(H,20,21). The highest BCUT2D eigenvalue weighted by molar-refractivity contribution is 5.55. The lowest BCUT2D eigenvalue weighted by Gasteiger charge is -2.32. The van der Waals surface area contributed by atoms with Crippen molar-refractivity contribution >= 4 is 11.5 Å². The maximum absolute atomic E-state index is 13.3. The number of rotatable bonds is 5. The maximum atomic E-state index is 13.3. The topological polar surface area (TPSA) is 71.3 Å². The van der Waals surface area contributed by atoms with Crippen LogP contribution in [0.2, 0.25) is 0 Å². The lowest BCUT2D eigenvalue weighted by molar-refractivity contribution is -0.384. The summed E-state index contributed by atoms with van der Waals surface area (Å²) in [6.45, 7) is 2.07. The molecule has 2 aromatic rings. The zero-order valence-corrected chi connectivity index (χ0v) is 13.5. The molecule has 0 aliphatic carbocycles. The number of nitrogens with one attached hydrogen (secondary N) is 1. The summed E-state index contributed by atoms with van der Waals surface area (Å²) in [6, 6.07) is 6.99. The normalized spacial score (nSPS) is 15.9. The Morgan fingerprint density at radius 1 is 1.24 bits per heavy atom. The van der Waals surface area contributed by atoms with Crippen LogP contribution in [0, 0.1) is 21.7 Å². The highest BCUT2D eigenvalue weighted by Gasteiger charge is 2.23. The van der Waals surface area contributed by atoms with Gasteiger partial charge in [0.25, 0.3) is 0 Å². The Bertz CT molecular complexity index is 764. The number of aromatic nitrogens is 1. The monoisotopic (exact) mass is 348 g/mol. The number of likely N-dealkylation sites (tertiary alicyclic amines) is 1. The number of piperidine rings is 1. The first kappa shape index (κ1) is 17.2. The Balaban J connectivity index is 1.55. The number of hydrogen-bond donors (Lipinski definition) is 1. The second-order valence-electron chi connectivity index (χ2n) is 6.07. The molecule has 8 heteroatoms. The zero-order chi connectivity index (χ0) is 17.8. The van der Waals surface area contributed by atoms with Gasteiger partial charge in [0, 0.05) is 37.9 Å². The van der Waals surface area contributed by atoms with Gasteiger partial charge in [0.1, 0.15) is 0 Å². The molecule has 1 aromatic carbocycles. The number of nitrogens with zero attached hydrogens (tertiary/aromatic N) is 3. The first-order valence-corrected chi connectivity index (χ1v) is 8.05. The molecule has 0 spiro atoms. The molecule has 1 N–H and O–H groups in total. The lowest BCUT2D eigenvalue weighted by atomic mass is 10.0. The summed E-state index contributed by atoms with van der Waals surface area (Å²) >= 11 is 0. The molecule has 0 unspecified atom stereocenters. The van der Waals surface area contributed by atoms with Gasteiger partial charge in [0.2, 0.25) is 5.82 Å². The van der Waals surface area contributed by atoms with E-state index in [9.17, 15) is 18.9 Å². The van der Waals surface area contributed by atoms with Crippen LogP contribution < -0.4 is 5.32 Å². The molecule has 0 radical (unpaired) electrons. The lowest BCUT2D eigenvalue weighted by Crippen LogP contribution is -2.38. The molecule has 1 saturated heterocycles. The molecule has 1 fully saturated rings. The van der Waals surface area contributed by atoms with Gasteiger partial charge in [-0.1, -0.05) is 6.07 Å². The van der Waals surface area contributed by atoms with Crippen molar-refractivity contribution in [3.63, 3.8) is 0 Å². The average molecular weight is 348 g/mol. The van der Waals surface area contributed by atoms with E-state index in [2.05, 4.69) is 15.2 Å². The highest BCUT2D eigenvalue weighted by atomic mass is 19.2. The summed E-state index contributed by atoms with van der Waals surface area (Å²) < 4.78 is 26.2. The number of benzene rings is 1. The van der Waals surface area contributed by atoms with Gasteiger partial charge in [0.05, 0.1) is 4.92 Å². The first-order valence-electron chi connectivity index (χ1n) is 8.05. The van der Waals surface area contributed by atoms with E-state index in [1.807, 2.05) is 0 Å². The van der Waals surface area contributed by atoms with Crippen molar-refractivity contribution in [2.75, 3.05) is 18.4 Å². The van der Waals surface area contributed by atoms with E-state index in [4.69, 9.17) is 0 Å². The van der Waals surface area contributed by atoms with Gasteiger partial charge in [-0.05, 0) is 36.6 Å². The van der Waals surface area contributed by atoms with Crippen LogP contribution in [-0.2, 0) is 6.54 Å². The molecule has 132 valence electrons. The van der Waals surface area contributed by atoms with Crippen molar-refractivity contribution in [3.8, 4) is 0 Å². The molecule has 25 heavy (non-hydrogen) atoms. The maximum Gasteiger partial charge on any atom is 0.311 e. The van der Waals surface area contributed by atoms with E-state index < -0.39 is 16.6 Å². The minimum absolute atomic E-state index is 0.0354. The van der Waals surface area contributed by atoms with Crippen molar-refractivity contribution in [2.45, 2.75) is 25.4 Å². The van der Waals surface area contributed by atoms with Gasteiger partial charge in [0.15, 0.2) is 11.6 Å². The van der Waals surface area contributed by atoms with Gasteiger partial charge in [-0.3, -0.25) is 15.0 Å². The van der Waals surface area contributed by atoms with Gasteiger partial charge in [-0.15, -0.1) is 0 Å². The number of hydrogen-bond acceptors (Lipinski definition) is 5. The predicted molar refractivity (Wildman–Crippen MR) is 89.2 cm³/mol. The number of pyridine rings is 1. The Hall–Kier alpha value is -2.61. The summed E-state index contributed by atoms with van der Waals surface area (Å²) in [6.07, 6.45) is 3.10. The van der Waals surface area contributed by atoms with Crippen molar-refractivity contribution in [2.24, 2.45) is 0 Å². The molecular weight excluding hydrogens is 330 g/mol. The molecule has 1 aliphatic heterocycles. The van der Waals surface area contributed by atoms with Gasteiger partial charge >= 0.3 is 5.69 Å². The molecule has 0 bridgehead atoms. The summed E-state index contributed by atoms with van der Waals surface area (Å²) in [5.74, 6) is -1.40. The highest BCUT2D eigenvalue weighted by Crippen LogP contribution is 2.24. The second kappa shape index (κ2) is 7.52. The fourth-order valence-corrected chi connectivity index (χ4v) is 2.98. The van der Waals surface area contributed by atoms with Gasteiger partial charge in [-0.2, -0.15) is 0 Å². The molecule has 2 heterocycles. The average Bonchev–Trinajstić information content (AvgIpc) is 2.60. The Morgan fingerprint density at radius 3 is 2.68 bits per heavy atom. The number of anilines is 1. The largest absolute Gasteiger partial charge is 0.362 e. The molecule has 0 atom stereocenters. The minimum Gasteiger partial charge on any atom is -0.362 e. The molecule has 6 nitrogen and oxygen atoms in total. The van der Waals surface area contributed by atoms with E-state index in [-0.39, 0.29) is 17.5 Å². The SMILES string of the molecule is O=[N+]([O-])c1cccnc1NC1CCN(Cc2ccc(F)c(F)c2)CC1. The third-order valence-corrected chi connectivity index (χ3v) is 4.30. The van der Waals surface area contributed by atoms with Crippen LogP contribution in [0.5, 0.6) is 0 Å². The second-order valence-corrected chi connectivity index (χ2v) is 6.07. The van der Waals surface area contributed by atoms with Crippen LogP contribution >= 0.6 is 0 Å². The van der Waals surface area contributed by atoms with Crippen LogP contribution in [0.4, 0.5) is 20.3 Å². The molecule has 1 aromatic heterocycles. The Labute approximate surface area is 143 Å². The molecular formula is C17H18F2N4O2. The predicted octanol–water partition coefficient (Wildman–Crippen LogP) is 3.34. The van der Waals surface area contributed by atoms with Crippen molar-refractivity contribution < 1.29 is 13.7 Å². The molecule has 1 aliphatic rings. The summed E-state index contributed by atoms with van der Waals surface area (Å²) in [4.78, 5) is 16.8. The summed E-state index contributed by atoms with van der Waals surface area (Å²) in [5.41, 5.74) is 0.692. The van der Waals surface area contributed by atoms with Crippen molar-refractivity contribution in [3.05, 3.63) is 63.8 Å². The zero-order valence-electron chi connectivity index (χ0n) is 13.5. The molecule has 0 saturated carbocycles. The van der Waals surface area contributed by atoms with Crippen molar-refractivity contribution in [1.29, 1.82) is 0 Å². The van der Waals surface area contributed by atoms with Gasteiger partial charge < -0.3 is 5.32 Å². The van der Waals surface area contributed by atoms with E-state index in [0.717, 1.165) is 37.6 Å². The van der Waals surface area contributed by atoms with Crippen LogP contribution in [-0.4, -0.2) is 33.9 Å². The minimum atomic E-state index is -0.844. The van der Waals surface area contributed by atoms with Gasteiger partial charge in [-0.25, -0.2) is 13.8 Å². The van der Waals surface area contributed by atoms with Crippen LogP contribution in [0.3, 0.4) is 0 Å². The number of halogens is 2. The smallest absolute Gasteiger partial charge is 0.311 e. The van der Waals surface area contributed by atoms with Crippen molar-refractivity contribution in [1.82, 2.24) is 9.88 Å². The van der Waals surface area contributed by atoms with E-state index in [1.165, 1.54) is 24.4 Å². The molecule has 0 amide bonds. The first-order chi connectivity index (χ1) is 12.0. The Morgan fingerprint density at radius 2 is 2.00 bits per heavy atom. The summed E-state index contributed by atoms with van der Waals surface area (Å²) in [5, 5.41) is 14.2. The van der Waals surface area contributed by atoms with E-state index >= 15 is 0 Å². The fourth-order valence-electron chi connectivity index (χ4n) is 2.98.